The predicted molar refractivity (Wildman–Crippen MR) is 149 cm³/mol. The fraction of sp³-hybridized carbons (Fsp3) is 0.310. The summed E-state index contributed by atoms with van der Waals surface area (Å²) in [6.07, 6.45) is 1.15. The zero-order chi connectivity index (χ0) is 26.3. The molecule has 37 heavy (non-hydrogen) atoms. The zero-order valence-electron chi connectivity index (χ0n) is 20.6. The molecule has 3 aromatic rings. The van der Waals surface area contributed by atoms with Crippen molar-refractivity contribution in [2.24, 2.45) is 4.99 Å². The number of aliphatic hydroxyl groups excluding tert-OH is 1. The number of hydrogen-bond acceptors (Lipinski definition) is 5. The SMILES string of the molecule is C[C@H]1OC(c2ccc(OCCCO)cc2)=N[C@@]1(Cc1ccc(Br)cc1)C(=O)NCCc1cccc(Cl)c1. The summed E-state index contributed by atoms with van der Waals surface area (Å²) in [7, 11) is 0. The monoisotopic (exact) mass is 584 g/mol. The van der Waals surface area contributed by atoms with Gasteiger partial charge in [-0.05, 0) is 73.0 Å². The van der Waals surface area contributed by atoms with Crippen molar-refractivity contribution in [3.63, 3.8) is 0 Å². The molecule has 0 radical (unpaired) electrons. The third-order valence-electron chi connectivity index (χ3n) is 6.30. The van der Waals surface area contributed by atoms with Crippen molar-refractivity contribution < 1.29 is 19.4 Å². The molecule has 0 unspecified atom stereocenters. The minimum absolute atomic E-state index is 0.0855. The third-order valence-corrected chi connectivity index (χ3v) is 7.07. The van der Waals surface area contributed by atoms with Gasteiger partial charge in [-0.15, -0.1) is 0 Å². The van der Waals surface area contributed by atoms with Crippen LogP contribution in [0.25, 0.3) is 0 Å². The Morgan fingerprint density at radius 1 is 1.14 bits per heavy atom. The van der Waals surface area contributed by atoms with Gasteiger partial charge in [0, 0.05) is 41.1 Å². The Bertz CT molecular complexity index is 1230. The maximum atomic E-state index is 13.7. The first-order chi connectivity index (χ1) is 17.9. The van der Waals surface area contributed by atoms with Crippen LogP contribution < -0.4 is 10.1 Å². The van der Waals surface area contributed by atoms with Crippen LogP contribution in [0.15, 0.2) is 82.3 Å². The van der Waals surface area contributed by atoms with Crippen molar-refractivity contribution in [3.8, 4) is 5.75 Å². The molecule has 2 N–H and O–H groups in total. The van der Waals surface area contributed by atoms with E-state index in [1.807, 2.05) is 79.7 Å². The Morgan fingerprint density at radius 2 is 1.89 bits per heavy atom. The molecule has 6 nitrogen and oxygen atoms in total. The molecule has 3 aromatic carbocycles. The Hall–Kier alpha value is -2.87. The zero-order valence-corrected chi connectivity index (χ0v) is 23.0. The number of halogens is 2. The van der Waals surface area contributed by atoms with Gasteiger partial charge < -0.3 is 19.9 Å². The number of amides is 1. The fourth-order valence-electron chi connectivity index (χ4n) is 4.22. The molecule has 1 aliphatic rings. The van der Waals surface area contributed by atoms with Gasteiger partial charge in [0.15, 0.2) is 5.54 Å². The Balaban J connectivity index is 1.55. The molecule has 194 valence electrons. The Labute approximate surface area is 230 Å². The lowest BCUT2D eigenvalue weighted by Crippen LogP contribution is -2.52. The van der Waals surface area contributed by atoms with Gasteiger partial charge in [0.05, 0.1) is 6.61 Å². The number of aliphatic hydroxyl groups is 1. The quantitative estimate of drug-likeness (QED) is 0.297. The van der Waals surface area contributed by atoms with Crippen LogP contribution in [0.5, 0.6) is 5.75 Å². The molecule has 0 fully saturated rings. The maximum absolute atomic E-state index is 13.7. The van der Waals surface area contributed by atoms with Gasteiger partial charge in [0.25, 0.3) is 5.91 Å². The lowest BCUT2D eigenvalue weighted by Gasteiger charge is -2.28. The molecule has 4 rings (SSSR count). The average Bonchev–Trinajstić information content (AvgIpc) is 3.23. The highest BCUT2D eigenvalue weighted by molar-refractivity contribution is 9.10. The van der Waals surface area contributed by atoms with Crippen molar-refractivity contribution >= 4 is 39.3 Å². The molecule has 1 aliphatic heterocycles. The van der Waals surface area contributed by atoms with Crippen LogP contribution in [0.3, 0.4) is 0 Å². The molecule has 0 bridgehead atoms. The van der Waals surface area contributed by atoms with E-state index in [-0.39, 0.29) is 12.5 Å². The predicted octanol–water partition coefficient (Wildman–Crippen LogP) is 5.37. The molecule has 1 heterocycles. The number of benzene rings is 3. The molecule has 0 spiro atoms. The topological polar surface area (TPSA) is 80.2 Å². The number of nitrogens with zero attached hydrogens (tertiary/aromatic N) is 1. The summed E-state index contributed by atoms with van der Waals surface area (Å²) in [4.78, 5) is 18.6. The summed E-state index contributed by atoms with van der Waals surface area (Å²) in [6.45, 7) is 2.87. The molecule has 0 saturated heterocycles. The van der Waals surface area contributed by atoms with Crippen LogP contribution in [0.2, 0.25) is 5.02 Å². The van der Waals surface area contributed by atoms with Crippen molar-refractivity contribution in [3.05, 3.63) is 99.0 Å². The second-order valence-electron chi connectivity index (χ2n) is 8.99. The summed E-state index contributed by atoms with van der Waals surface area (Å²) in [5, 5.41) is 12.7. The van der Waals surface area contributed by atoms with Gasteiger partial charge in [-0.3, -0.25) is 4.79 Å². The largest absolute Gasteiger partial charge is 0.494 e. The molecule has 1 amide bonds. The van der Waals surface area contributed by atoms with Gasteiger partial charge in [0.1, 0.15) is 11.9 Å². The van der Waals surface area contributed by atoms with E-state index in [0.717, 1.165) is 21.2 Å². The summed E-state index contributed by atoms with van der Waals surface area (Å²) in [5.74, 6) is 0.948. The van der Waals surface area contributed by atoms with Crippen molar-refractivity contribution in [1.82, 2.24) is 5.32 Å². The maximum Gasteiger partial charge on any atom is 0.252 e. The van der Waals surface area contributed by atoms with Gasteiger partial charge in [0.2, 0.25) is 5.90 Å². The van der Waals surface area contributed by atoms with E-state index in [4.69, 9.17) is 31.2 Å². The summed E-state index contributed by atoms with van der Waals surface area (Å²) in [6, 6.07) is 22.9. The summed E-state index contributed by atoms with van der Waals surface area (Å²) >= 11 is 9.58. The first kappa shape index (κ1) is 27.2. The number of carbonyl (C=O) groups excluding carboxylic acids is 1. The minimum Gasteiger partial charge on any atom is -0.494 e. The van der Waals surface area contributed by atoms with E-state index in [1.165, 1.54) is 0 Å². The number of aliphatic imine (C=N–C) groups is 1. The average molecular weight is 586 g/mol. The second kappa shape index (κ2) is 12.6. The standard InChI is InChI=1S/C29H30BrClN2O4/c1-20-29(19-22-6-10-24(30)11-7-22,28(35)32-15-14-21-4-2-5-25(31)18-21)33-27(37-20)23-8-12-26(13-9-23)36-17-3-16-34/h2,4-13,18,20,34H,3,14-17,19H2,1H3,(H,32,35)/t20-,29-/m1/s1. The highest BCUT2D eigenvalue weighted by Gasteiger charge is 2.50. The van der Waals surface area contributed by atoms with E-state index in [1.54, 1.807) is 0 Å². The van der Waals surface area contributed by atoms with Gasteiger partial charge in [-0.2, -0.15) is 0 Å². The van der Waals surface area contributed by atoms with Crippen LogP contribution >= 0.6 is 27.5 Å². The number of carbonyl (C=O) groups is 1. The summed E-state index contributed by atoms with van der Waals surface area (Å²) < 4.78 is 12.8. The fourth-order valence-corrected chi connectivity index (χ4v) is 4.70. The van der Waals surface area contributed by atoms with Gasteiger partial charge in [-0.25, -0.2) is 4.99 Å². The van der Waals surface area contributed by atoms with Crippen molar-refractivity contribution in [2.45, 2.75) is 37.8 Å². The Kier molecular flexibility index (Phi) is 9.24. The van der Waals surface area contributed by atoms with Crippen molar-refractivity contribution in [2.75, 3.05) is 19.8 Å². The van der Waals surface area contributed by atoms with Crippen LogP contribution in [-0.2, 0) is 22.4 Å². The normalized spacial score (nSPS) is 18.7. The number of hydrogen-bond donors (Lipinski definition) is 2. The molecule has 8 heteroatoms. The number of nitrogens with one attached hydrogen (secondary N) is 1. The van der Waals surface area contributed by atoms with Crippen LogP contribution in [0.4, 0.5) is 0 Å². The number of rotatable bonds is 11. The first-order valence-corrected chi connectivity index (χ1v) is 13.4. The van der Waals surface area contributed by atoms with Crippen molar-refractivity contribution in [1.29, 1.82) is 0 Å². The first-order valence-electron chi connectivity index (χ1n) is 12.3. The van der Waals surface area contributed by atoms with Crippen LogP contribution in [-0.4, -0.2) is 48.3 Å². The van der Waals surface area contributed by atoms with Crippen LogP contribution in [0, 0.1) is 0 Å². The van der Waals surface area contributed by atoms with E-state index in [9.17, 15) is 4.79 Å². The van der Waals surface area contributed by atoms with E-state index in [0.29, 0.717) is 49.1 Å². The van der Waals surface area contributed by atoms with Gasteiger partial charge >= 0.3 is 0 Å². The molecular formula is C29H30BrClN2O4. The molecule has 0 saturated carbocycles. The number of ether oxygens (including phenoxy) is 2. The van der Waals surface area contributed by atoms with Gasteiger partial charge in [-0.1, -0.05) is 51.8 Å². The second-order valence-corrected chi connectivity index (χ2v) is 10.3. The van der Waals surface area contributed by atoms with E-state index < -0.39 is 11.6 Å². The van der Waals surface area contributed by atoms with E-state index >= 15 is 0 Å². The lowest BCUT2D eigenvalue weighted by molar-refractivity contribution is -0.128. The van der Waals surface area contributed by atoms with E-state index in [2.05, 4.69) is 21.2 Å². The summed E-state index contributed by atoms with van der Waals surface area (Å²) in [5.41, 5.74) is 1.69. The molecule has 2 atom stereocenters. The lowest BCUT2D eigenvalue weighted by atomic mass is 9.86. The Morgan fingerprint density at radius 3 is 2.59 bits per heavy atom. The highest BCUT2D eigenvalue weighted by Crippen LogP contribution is 2.33. The minimum atomic E-state index is -1.12. The molecule has 0 aliphatic carbocycles. The molecule has 0 aromatic heterocycles. The molecular weight excluding hydrogens is 556 g/mol. The third kappa shape index (κ3) is 6.92. The highest BCUT2D eigenvalue weighted by atomic mass is 79.9. The van der Waals surface area contributed by atoms with Crippen LogP contribution in [0.1, 0.15) is 30.0 Å². The smallest absolute Gasteiger partial charge is 0.252 e.